The highest BCUT2D eigenvalue weighted by Crippen LogP contribution is 2.19. The molecule has 76 valence electrons. The highest BCUT2D eigenvalue weighted by atomic mass is 35.5. The zero-order valence-corrected chi connectivity index (χ0v) is 9.81. The monoisotopic (exact) mass is 208 g/mol. The van der Waals surface area contributed by atoms with Gasteiger partial charge in [-0.05, 0) is 29.5 Å². The molecule has 0 saturated heterocycles. The van der Waals surface area contributed by atoms with Crippen molar-refractivity contribution in [3.8, 4) is 0 Å². The van der Waals surface area contributed by atoms with E-state index in [1.165, 1.54) is 16.7 Å². The quantitative estimate of drug-likeness (QED) is 0.648. The van der Waals surface area contributed by atoms with E-state index in [-0.39, 0.29) is 0 Å². The predicted molar refractivity (Wildman–Crippen MR) is 65.0 cm³/mol. The summed E-state index contributed by atoms with van der Waals surface area (Å²) in [5, 5.41) is 0. The lowest BCUT2D eigenvalue weighted by Crippen LogP contribution is -1.90. The van der Waals surface area contributed by atoms with Crippen molar-refractivity contribution in [2.75, 3.05) is 5.88 Å². The van der Waals surface area contributed by atoms with Gasteiger partial charge in [-0.15, -0.1) is 11.6 Å². The first-order valence-electron chi connectivity index (χ1n) is 4.98. The molecule has 0 atom stereocenters. The van der Waals surface area contributed by atoms with Gasteiger partial charge in [0.25, 0.3) is 0 Å². The minimum absolute atomic E-state index is 0.575. The minimum Gasteiger partial charge on any atom is -0.122 e. The van der Waals surface area contributed by atoms with Gasteiger partial charge in [0.05, 0.1) is 0 Å². The minimum atomic E-state index is 0.575. The second kappa shape index (κ2) is 5.21. The fourth-order valence-corrected chi connectivity index (χ4v) is 1.46. The van der Waals surface area contributed by atoms with Crippen molar-refractivity contribution in [2.45, 2.75) is 26.7 Å². The number of alkyl halides is 1. The van der Waals surface area contributed by atoms with Crippen molar-refractivity contribution in [1.29, 1.82) is 0 Å². The van der Waals surface area contributed by atoms with Crippen molar-refractivity contribution in [3.05, 3.63) is 41.0 Å². The lowest BCUT2D eigenvalue weighted by atomic mass is 9.98. The van der Waals surface area contributed by atoms with Gasteiger partial charge in [-0.1, -0.05) is 44.2 Å². The molecule has 0 nitrogen and oxygen atoms in total. The molecule has 1 rings (SSSR count). The maximum atomic E-state index is 5.62. The molecule has 0 fully saturated rings. The summed E-state index contributed by atoms with van der Waals surface area (Å²) >= 11 is 5.62. The third-order valence-corrected chi connectivity index (χ3v) is 2.53. The van der Waals surface area contributed by atoms with Gasteiger partial charge >= 0.3 is 0 Å². The summed E-state index contributed by atoms with van der Waals surface area (Å²) in [5.41, 5.74) is 3.96. The molecule has 0 bridgehead atoms. The van der Waals surface area contributed by atoms with Crippen LogP contribution in [0.5, 0.6) is 0 Å². The van der Waals surface area contributed by atoms with E-state index in [0.717, 1.165) is 0 Å². The van der Waals surface area contributed by atoms with Crippen LogP contribution in [0.1, 0.15) is 36.5 Å². The first-order chi connectivity index (χ1) is 6.65. The topological polar surface area (TPSA) is 0 Å². The number of benzene rings is 1. The van der Waals surface area contributed by atoms with Crippen LogP contribution < -0.4 is 0 Å². The molecule has 0 aliphatic heterocycles. The Morgan fingerprint density at radius 1 is 1.36 bits per heavy atom. The Hall–Kier alpha value is -0.750. The average molecular weight is 209 g/mol. The van der Waals surface area contributed by atoms with Crippen LogP contribution in [0, 0.1) is 6.92 Å². The number of halogens is 1. The smallest absolute Gasteiger partial charge is 0.0407 e. The Balaban J connectivity index is 3.02. The summed E-state index contributed by atoms with van der Waals surface area (Å²) in [4.78, 5) is 0. The molecule has 0 aliphatic carbocycles. The van der Waals surface area contributed by atoms with Crippen molar-refractivity contribution in [1.82, 2.24) is 0 Å². The van der Waals surface area contributed by atoms with Gasteiger partial charge in [0.15, 0.2) is 0 Å². The molecular weight excluding hydrogens is 192 g/mol. The first kappa shape index (κ1) is 11.3. The molecule has 1 aromatic rings. The van der Waals surface area contributed by atoms with Crippen LogP contribution in [-0.4, -0.2) is 5.88 Å². The highest BCUT2D eigenvalue weighted by molar-refractivity contribution is 6.19. The van der Waals surface area contributed by atoms with Crippen LogP contribution in [-0.2, 0) is 0 Å². The van der Waals surface area contributed by atoms with E-state index in [1.54, 1.807) is 0 Å². The van der Waals surface area contributed by atoms with E-state index in [1.807, 2.05) is 6.08 Å². The van der Waals surface area contributed by atoms with Crippen LogP contribution >= 0.6 is 11.6 Å². The molecular formula is C13H17Cl. The fraction of sp³-hybridized carbons (Fsp3) is 0.385. The average Bonchev–Trinajstić information content (AvgIpc) is 2.16. The number of aryl methyl sites for hydroxylation is 1. The zero-order valence-electron chi connectivity index (χ0n) is 9.05. The second-order valence-corrected chi connectivity index (χ2v) is 4.14. The van der Waals surface area contributed by atoms with Crippen LogP contribution in [0.2, 0.25) is 0 Å². The third-order valence-electron chi connectivity index (χ3n) is 2.36. The SMILES string of the molecule is Cc1ccc(C(C)C)cc1/C=C/CCl. The maximum Gasteiger partial charge on any atom is 0.0407 e. The molecule has 0 spiro atoms. The summed E-state index contributed by atoms with van der Waals surface area (Å²) in [6.07, 6.45) is 4.07. The number of hydrogen-bond acceptors (Lipinski definition) is 0. The van der Waals surface area contributed by atoms with Crippen LogP contribution in [0.25, 0.3) is 6.08 Å². The van der Waals surface area contributed by atoms with Gasteiger partial charge in [-0.3, -0.25) is 0 Å². The molecule has 0 aliphatic rings. The van der Waals surface area contributed by atoms with Gasteiger partial charge in [0, 0.05) is 5.88 Å². The summed E-state index contributed by atoms with van der Waals surface area (Å²) in [7, 11) is 0. The van der Waals surface area contributed by atoms with Crippen LogP contribution in [0.3, 0.4) is 0 Å². The highest BCUT2D eigenvalue weighted by Gasteiger charge is 2.00. The summed E-state index contributed by atoms with van der Waals surface area (Å²) in [6, 6.07) is 6.60. The van der Waals surface area contributed by atoms with E-state index in [4.69, 9.17) is 11.6 Å². The van der Waals surface area contributed by atoms with Gasteiger partial charge < -0.3 is 0 Å². The van der Waals surface area contributed by atoms with Crippen molar-refractivity contribution >= 4 is 17.7 Å². The number of hydrogen-bond donors (Lipinski definition) is 0. The maximum absolute atomic E-state index is 5.62. The van der Waals surface area contributed by atoms with Gasteiger partial charge in [-0.25, -0.2) is 0 Å². The first-order valence-corrected chi connectivity index (χ1v) is 5.51. The molecule has 0 amide bonds. The Morgan fingerprint density at radius 3 is 2.64 bits per heavy atom. The number of allylic oxidation sites excluding steroid dienone is 1. The molecule has 0 heterocycles. The lowest BCUT2D eigenvalue weighted by Gasteiger charge is -2.08. The summed E-state index contributed by atoms with van der Waals surface area (Å²) in [6.45, 7) is 6.54. The Labute approximate surface area is 91.6 Å². The van der Waals surface area contributed by atoms with Gasteiger partial charge in [-0.2, -0.15) is 0 Å². The van der Waals surface area contributed by atoms with Crippen molar-refractivity contribution in [2.24, 2.45) is 0 Å². The predicted octanol–water partition coefficient (Wildman–Crippen LogP) is 4.37. The largest absolute Gasteiger partial charge is 0.122 e. The van der Waals surface area contributed by atoms with Gasteiger partial charge in [0.2, 0.25) is 0 Å². The normalized spacial score (nSPS) is 11.5. The van der Waals surface area contributed by atoms with Crippen LogP contribution in [0.4, 0.5) is 0 Å². The molecule has 1 heteroatoms. The molecule has 0 aromatic heterocycles. The Morgan fingerprint density at radius 2 is 2.07 bits per heavy atom. The van der Waals surface area contributed by atoms with Crippen LogP contribution in [0.15, 0.2) is 24.3 Å². The lowest BCUT2D eigenvalue weighted by molar-refractivity contribution is 0.865. The molecule has 1 aromatic carbocycles. The van der Waals surface area contributed by atoms with E-state index in [2.05, 4.69) is 45.0 Å². The van der Waals surface area contributed by atoms with E-state index in [9.17, 15) is 0 Å². The number of rotatable bonds is 3. The molecule has 14 heavy (non-hydrogen) atoms. The van der Waals surface area contributed by atoms with E-state index < -0.39 is 0 Å². The summed E-state index contributed by atoms with van der Waals surface area (Å²) in [5.74, 6) is 1.16. The van der Waals surface area contributed by atoms with Crippen molar-refractivity contribution < 1.29 is 0 Å². The molecule has 0 unspecified atom stereocenters. The fourth-order valence-electron chi connectivity index (χ4n) is 1.37. The second-order valence-electron chi connectivity index (χ2n) is 3.83. The molecule has 0 radical (unpaired) electrons. The zero-order chi connectivity index (χ0) is 10.6. The molecule has 0 saturated carbocycles. The van der Waals surface area contributed by atoms with Crippen molar-refractivity contribution in [3.63, 3.8) is 0 Å². The third kappa shape index (κ3) is 2.88. The Kier molecular flexibility index (Phi) is 4.21. The van der Waals surface area contributed by atoms with Gasteiger partial charge in [0.1, 0.15) is 0 Å². The van der Waals surface area contributed by atoms with E-state index >= 15 is 0 Å². The molecule has 0 N–H and O–H groups in total. The standard InChI is InChI=1S/C13H17Cl/c1-10(2)12-7-6-11(3)13(9-12)5-4-8-14/h4-7,9-10H,8H2,1-3H3/b5-4+. The Bertz CT molecular complexity index is 324. The summed E-state index contributed by atoms with van der Waals surface area (Å²) < 4.78 is 0. The van der Waals surface area contributed by atoms with E-state index in [0.29, 0.717) is 11.8 Å².